The Morgan fingerprint density at radius 3 is 2.27 bits per heavy atom. The molecule has 0 atom stereocenters. The molecule has 1 rings (SSSR count). The molecule has 0 nitrogen and oxygen atoms in total. The monoisotopic (exact) mass is 164 g/mol. The average Bonchev–Trinajstić information content (AvgIpc) is 1.85. The quantitative estimate of drug-likeness (QED) is 0.588. The Hall–Kier alpha value is -0.248. The van der Waals surface area contributed by atoms with E-state index in [1.165, 1.54) is 28.3 Å². The fraction of sp³-hybridized carbons (Fsp3) is 0.400. The van der Waals surface area contributed by atoms with E-state index in [-0.39, 0.29) is 1.43 Å². The summed E-state index contributed by atoms with van der Waals surface area (Å²) in [6.45, 7) is 4.65. The molecule has 0 amide bonds. The fourth-order valence-electron chi connectivity index (χ4n) is 1.21. The molecule has 0 bridgehead atoms. The molecule has 0 fully saturated rings. The second-order valence-corrected chi connectivity index (χ2v) is 6.93. The summed E-state index contributed by atoms with van der Waals surface area (Å²) < 4.78 is 0.543. The highest BCUT2D eigenvalue weighted by molar-refractivity contribution is 6.14. The van der Waals surface area contributed by atoms with E-state index >= 15 is 0 Å². The smallest absolute Gasteiger partial charge is 0.0812 e. The van der Waals surface area contributed by atoms with Gasteiger partial charge in [-0.15, -0.1) is 0 Å². The molecule has 1 heteroatoms. The maximum absolute atomic E-state index is 2.33. The Morgan fingerprint density at radius 2 is 1.82 bits per heavy atom. The number of hydrogen-bond donors (Lipinski definition) is 0. The Labute approximate surface area is 78.5 Å². The second kappa shape index (κ2) is 3.43. The van der Waals surface area contributed by atoms with Gasteiger partial charge in [-0.1, -0.05) is 48.5 Å². The lowest BCUT2D eigenvalue weighted by Crippen LogP contribution is -2.05. The zero-order chi connectivity index (χ0) is 8.32. The van der Waals surface area contributed by atoms with Crippen LogP contribution in [0.25, 0.3) is 0 Å². The van der Waals surface area contributed by atoms with E-state index in [1.54, 1.807) is 0 Å². The van der Waals surface area contributed by atoms with E-state index in [4.69, 9.17) is 0 Å². The van der Waals surface area contributed by atoms with Crippen LogP contribution in [0.3, 0.4) is 0 Å². The summed E-state index contributed by atoms with van der Waals surface area (Å²) in [5.74, 6) is 0. The maximum Gasteiger partial charge on any atom is 0.221 e. The van der Waals surface area contributed by atoms with Crippen LogP contribution >= 0.6 is 0 Å². The summed E-state index contributed by atoms with van der Waals surface area (Å²) in [5.41, 5.74) is 1.47. The molecule has 0 N–H and O–H groups in total. The van der Waals surface area contributed by atoms with Crippen molar-refractivity contribution in [3.63, 3.8) is 0 Å². The molecule has 0 heterocycles. The van der Waals surface area contributed by atoms with Crippen LogP contribution in [0.1, 0.15) is 20.8 Å². The Kier molecular flexibility index (Phi) is 2.76. The zero-order valence-electron chi connectivity index (χ0n) is 7.59. The number of hydrogen-bond acceptors (Lipinski definition) is 0. The number of benzene rings is 1. The molecular formula is C10H17Al. The first kappa shape index (κ1) is 8.85. The third kappa shape index (κ3) is 3.60. The van der Waals surface area contributed by atoms with Crippen molar-refractivity contribution in [1.82, 2.24) is 0 Å². The SMILES string of the molecule is C[C](C)([AlH2])Cc1ccccc1.[HH]. The summed E-state index contributed by atoms with van der Waals surface area (Å²) in [5, 5.41) is 0. The third-order valence-corrected chi connectivity index (χ3v) is 1.93. The molecule has 11 heavy (non-hydrogen) atoms. The number of rotatable bonds is 2. The minimum absolute atomic E-state index is 0. The standard InChI is InChI=1S/C10H13.Al.H2.2H/c1-9(2)8-10-6-4-3-5-7-10;;;;/h3-7H,8H2,1-2H3;;1H;;. The molecule has 0 saturated heterocycles. The van der Waals surface area contributed by atoms with Gasteiger partial charge >= 0.3 is 0 Å². The van der Waals surface area contributed by atoms with Gasteiger partial charge in [-0.25, -0.2) is 0 Å². The van der Waals surface area contributed by atoms with E-state index in [0.29, 0.717) is 4.28 Å². The van der Waals surface area contributed by atoms with Gasteiger partial charge in [0.05, 0.1) is 0 Å². The predicted octanol–water partition coefficient (Wildman–Crippen LogP) is 2.31. The lowest BCUT2D eigenvalue weighted by atomic mass is 10.0. The van der Waals surface area contributed by atoms with E-state index < -0.39 is 0 Å². The van der Waals surface area contributed by atoms with Crippen LogP contribution in [0.5, 0.6) is 0 Å². The van der Waals surface area contributed by atoms with Crippen molar-refractivity contribution >= 4 is 16.3 Å². The molecule has 0 aliphatic carbocycles. The normalized spacial score (nSPS) is 11.5. The van der Waals surface area contributed by atoms with Crippen LogP contribution in [-0.4, -0.2) is 16.3 Å². The van der Waals surface area contributed by atoms with Crippen molar-refractivity contribution in [2.45, 2.75) is 24.5 Å². The van der Waals surface area contributed by atoms with Crippen molar-refractivity contribution < 1.29 is 1.43 Å². The summed E-state index contributed by atoms with van der Waals surface area (Å²) in [6.07, 6.45) is 1.22. The van der Waals surface area contributed by atoms with Gasteiger partial charge in [0.25, 0.3) is 0 Å². The largest absolute Gasteiger partial charge is 0.221 e. The van der Waals surface area contributed by atoms with E-state index in [1.807, 2.05) is 0 Å². The highest BCUT2D eigenvalue weighted by Crippen LogP contribution is 2.23. The lowest BCUT2D eigenvalue weighted by Gasteiger charge is -2.17. The fourth-order valence-corrected chi connectivity index (χ4v) is 1.62. The van der Waals surface area contributed by atoms with Crippen LogP contribution in [0.15, 0.2) is 30.3 Å². The van der Waals surface area contributed by atoms with Crippen molar-refractivity contribution in [2.75, 3.05) is 0 Å². The first-order valence-electron chi connectivity index (χ1n) is 4.12. The molecule has 0 aliphatic rings. The summed E-state index contributed by atoms with van der Waals surface area (Å²) >= 11 is 1.26. The van der Waals surface area contributed by atoms with Crippen LogP contribution in [0.4, 0.5) is 0 Å². The van der Waals surface area contributed by atoms with Crippen molar-refractivity contribution in [2.24, 2.45) is 0 Å². The minimum atomic E-state index is 0. The first-order chi connectivity index (χ1) is 5.08. The van der Waals surface area contributed by atoms with Crippen LogP contribution in [-0.2, 0) is 6.42 Å². The van der Waals surface area contributed by atoms with Gasteiger partial charge in [0.15, 0.2) is 0 Å². The molecule has 0 aromatic heterocycles. The molecule has 0 radical (unpaired) electrons. The van der Waals surface area contributed by atoms with Crippen molar-refractivity contribution in [3.05, 3.63) is 35.9 Å². The molecule has 0 unspecified atom stereocenters. The summed E-state index contributed by atoms with van der Waals surface area (Å²) in [6, 6.07) is 10.7. The van der Waals surface area contributed by atoms with Crippen LogP contribution in [0.2, 0.25) is 4.28 Å². The average molecular weight is 164 g/mol. The van der Waals surface area contributed by atoms with Crippen molar-refractivity contribution in [3.8, 4) is 0 Å². The Bertz CT molecular complexity index is 213. The Morgan fingerprint density at radius 1 is 1.27 bits per heavy atom. The van der Waals surface area contributed by atoms with Gasteiger partial charge in [-0.05, 0) is 12.0 Å². The van der Waals surface area contributed by atoms with Crippen LogP contribution < -0.4 is 0 Å². The molecule has 0 aliphatic heterocycles. The highest BCUT2D eigenvalue weighted by atomic mass is 27.0. The Balaban J connectivity index is 0.00000121. The molecule has 0 spiro atoms. The van der Waals surface area contributed by atoms with Gasteiger partial charge < -0.3 is 0 Å². The van der Waals surface area contributed by atoms with E-state index in [2.05, 4.69) is 44.2 Å². The van der Waals surface area contributed by atoms with Gasteiger partial charge in [0, 0.05) is 1.43 Å². The topological polar surface area (TPSA) is 0 Å². The molecule has 1 aromatic rings. The maximum atomic E-state index is 2.33. The second-order valence-electron chi connectivity index (χ2n) is 4.22. The van der Waals surface area contributed by atoms with Gasteiger partial charge in [-0.3, -0.25) is 0 Å². The van der Waals surface area contributed by atoms with Gasteiger partial charge in [0.1, 0.15) is 0 Å². The van der Waals surface area contributed by atoms with Crippen LogP contribution in [0, 0.1) is 0 Å². The molecule has 60 valence electrons. The van der Waals surface area contributed by atoms with E-state index in [0.717, 1.165) is 0 Å². The predicted molar refractivity (Wildman–Crippen MR) is 54.8 cm³/mol. The summed E-state index contributed by atoms with van der Waals surface area (Å²) in [7, 11) is 0. The molecule has 0 saturated carbocycles. The van der Waals surface area contributed by atoms with Gasteiger partial charge in [0.2, 0.25) is 16.3 Å². The minimum Gasteiger partial charge on any atom is -0.0812 e. The van der Waals surface area contributed by atoms with Gasteiger partial charge in [-0.2, -0.15) is 0 Å². The zero-order valence-corrected chi connectivity index (χ0v) is 9.59. The van der Waals surface area contributed by atoms with E-state index in [9.17, 15) is 0 Å². The third-order valence-electron chi connectivity index (χ3n) is 1.58. The molecular weight excluding hydrogens is 147 g/mol. The molecule has 1 aromatic carbocycles. The van der Waals surface area contributed by atoms with Crippen molar-refractivity contribution in [1.29, 1.82) is 0 Å². The lowest BCUT2D eigenvalue weighted by molar-refractivity contribution is 0.676. The highest BCUT2D eigenvalue weighted by Gasteiger charge is 2.10. The summed E-state index contributed by atoms with van der Waals surface area (Å²) in [4.78, 5) is 0. The first-order valence-corrected chi connectivity index (χ1v) is 5.12.